The molecule has 4 nitrogen and oxygen atoms in total. The third-order valence-corrected chi connectivity index (χ3v) is 3.27. The Labute approximate surface area is 95.6 Å². The van der Waals surface area contributed by atoms with E-state index in [4.69, 9.17) is 0 Å². The maximum Gasteiger partial charge on any atom is 0.176 e. The van der Waals surface area contributed by atoms with Crippen molar-refractivity contribution in [2.24, 2.45) is 0 Å². The van der Waals surface area contributed by atoms with Crippen LogP contribution in [0.5, 0.6) is 0 Å². The Morgan fingerprint density at radius 3 is 2.25 bits per heavy atom. The maximum atomic E-state index is 11.6. The SMILES string of the molecule is CCNCC(=O)c1ccc(S(C)(=O)=O)cc1. The zero-order chi connectivity index (χ0) is 12.2. The van der Waals surface area contributed by atoms with Gasteiger partial charge in [0.25, 0.3) is 0 Å². The van der Waals surface area contributed by atoms with Crippen LogP contribution >= 0.6 is 0 Å². The first-order valence-corrected chi connectivity index (χ1v) is 6.88. The number of hydrogen-bond acceptors (Lipinski definition) is 4. The van der Waals surface area contributed by atoms with Crippen molar-refractivity contribution >= 4 is 15.6 Å². The number of rotatable bonds is 5. The van der Waals surface area contributed by atoms with Gasteiger partial charge in [-0.2, -0.15) is 0 Å². The molecule has 5 heteroatoms. The number of carbonyl (C=O) groups is 1. The molecule has 0 fully saturated rings. The summed E-state index contributed by atoms with van der Waals surface area (Å²) in [6.45, 7) is 2.92. The minimum Gasteiger partial charge on any atom is -0.310 e. The Kier molecular flexibility index (Phi) is 4.20. The normalized spacial score (nSPS) is 11.4. The van der Waals surface area contributed by atoms with Gasteiger partial charge >= 0.3 is 0 Å². The molecule has 0 radical (unpaired) electrons. The van der Waals surface area contributed by atoms with Crippen molar-refractivity contribution in [3.8, 4) is 0 Å². The van der Waals surface area contributed by atoms with E-state index in [0.29, 0.717) is 5.56 Å². The predicted molar refractivity (Wildman–Crippen MR) is 62.4 cm³/mol. The van der Waals surface area contributed by atoms with E-state index in [1.807, 2.05) is 6.92 Å². The molecule has 88 valence electrons. The van der Waals surface area contributed by atoms with Crippen LogP contribution in [0, 0.1) is 0 Å². The third kappa shape index (κ3) is 3.43. The second kappa shape index (κ2) is 5.23. The van der Waals surface area contributed by atoms with E-state index in [1.165, 1.54) is 24.3 Å². The van der Waals surface area contributed by atoms with Gasteiger partial charge in [0.2, 0.25) is 0 Å². The molecule has 1 aromatic carbocycles. The number of Topliss-reactive ketones (excluding diaryl/α,β-unsaturated/α-hetero) is 1. The van der Waals surface area contributed by atoms with Gasteiger partial charge in [-0.3, -0.25) is 4.79 Å². The molecule has 0 aliphatic rings. The van der Waals surface area contributed by atoms with Gasteiger partial charge in [0.1, 0.15) is 0 Å². The lowest BCUT2D eigenvalue weighted by Gasteiger charge is -2.02. The van der Waals surface area contributed by atoms with Crippen LogP contribution in [0.15, 0.2) is 29.2 Å². The fourth-order valence-electron chi connectivity index (χ4n) is 1.23. The number of benzene rings is 1. The lowest BCUT2D eigenvalue weighted by molar-refractivity contribution is 0.0991. The molecule has 0 saturated carbocycles. The molecule has 0 aliphatic carbocycles. The third-order valence-electron chi connectivity index (χ3n) is 2.14. The summed E-state index contributed by atoms with van der Waals surface area (Å²) in [6.07, 6.45) is 1.14. The van der Waals surface area contributed by atoms with Crippen LogP contribution < -0.4 is 5.32 Å². The molecule has 16 heavy (non-hydrogen) atoms. The van der Waals surface area contributed by atoms with Gasteiger partial charge in [-0.05, 0) is 18.7 Å². The Morgan fingerprint density at radius 2 is 1.81 bits per heavy atom. The zero-order valence-corrected chi connectivity index (χ0v) is 10.2. The summed E-state index contributed by atoms with van der Waals surface area (Å²) in [5.74, 6) is -0.0399. The van der Waals surface area contributed by atoms with Crippen LogP contribution in [0.3, 0.4) is 0 Å². The summed E-state index contributed by atoms with van der Waals surface area (Å²) in [6, 6.07) is 5.98. The summed E-state index contributed by atoms with van der Waals surface area (Å²) in [4.78, 5) is 11.8. The number of sulfone groups is 1. The van der Waals surface area contributed by atoms with E-state index in [1.54, 1.807) is 0 Å². The Morgan fingerprint density at radius 1 is 1.25 bits per heavy atom. The monoisotopic (exact) mass is 241 g/mol. The van der Waals surface area contributed by atoms with Crippen molar-refractivity contribution in [2.45, 2.75) is 11.8 Å². The molecule has 1 aromatic rings. The summed E-state index contributed by atoms with van der Waals surface area (Å²) in [5, 5.41) is 2.92. The molecular formula is C11H15NO3S. The summed E-state index contributed by atoms with van der Waals surface area (Å²) < 4.78 is 22.4. The van der Waals surface area contributed by atoms with Crippen LogP contribution in [0.4, 0.5) is 0 Å². The van der Waals surface area contributed by atoms with Gasteiger partial charge in [-0.1, -0.05) is 19.1 Å². The van der Waals surface area contributed by atoms with Crippen molar-refractivity contribution in [2.75, 3.05) is 19.3 Å². The van der Waals surface area contributed by atoms with Crippen LogP contribution in [0.2, 0.25) is 0 Å². The number of nitrogens with one attached hydrogen (secondary N) is 1. The minimum atomic E-state index is -3.19. The Bertz CT molecular complexity index is 463. The van der Waals surface area contributed by atoms with Crippen LogP contribution in [0.1, 0.15) is 17.3 Å². The molecule has 0 atom stereocenters. The zero-order valence-electron chi connectivity index (χ0n) is 9.36. The van der Waals surface area contributed by atoms with E-state index in [0.717, 1.165) is 12.8 Å². The van der Waals surface area contributed by atoms with Gasteiger partial charge in [0.05, 0.1) is 11.4 Å². The van der Waals surface area contributed by atoms with Crippen molar-refractivity contribution in [1.29, 1.82) is 0 Å². The molecule has 0 aromatic heterocycles. The Balaban J connectivity index is 2.83. The lowest BCUT2D eigenvalue weighted by Crippen LogP contribution is -2.22. The van der Waals surface area contributed by atoms with Crippen molar-refractivity contribution in [3.05, 3.63) is 29.8 Å². The lowest BCUT2D eigenvalue weighted by atomic mass is 10.1. The van der Waals surface area contributed by atoms with E-state index in [-0.39, 0.29) is 17.2 Å². The molecule has 0 saturated heterocycles. The average molecular weight is 241 g/mol. The molecule has 1 rings (SSSR count). The van der Waals surface area contributed by atoms with Crippen molar-refractivity contribution in [3.63, 3.8) is 0 Å². The number of likely N-dealkylation sites (N-methyl/N-ethyl adjacent to an activating group) is 1. The highest BCUT2D eigenvalue weighted by Crippen LogP contribution is 2.10. The summed E-state index contributed by atoms with van der Waals surface area (Å²) >= 11 is 0. The van der Waals surface area contributed by atoms with E-state index >= 15 is 0 Å². The minimum absolute atomic E-state index is 0.0399. The fourth-order valence-corrected chi connectivity index (χ4v) is 1.86. The molecule has 1 N–H and O–H groups in total. The standard InChI is InChI=1S/C11H15NO3S/c1-3-12-8-11(13)9-4-6-10(7-5-9)16(2,14)15/h4-7,12H,3,8H2,1-2H3. The molecule has 0 spiro atoms. The van der Waals surface area contributed by atoms with Crippen molar-refractivity contribution in [1.82, 2.24) is 5.32 Å². The first kappa shape index (κ1) is 12.9. The summed E-state index contributed by atoms with van der Waals surface area (Å²) in [5.41, 5.74) is 0.522. The van der Waals surface area contributed by atoms with Gasteiger partial charge < -0.3 is 5.32 Å². The number of hydrogen-bond donors (Lipinski definition) is 1. The molecular weight excluding hydrogens is 226 g/mol. The number of ketones is 1. The molecule has 0 aliphatic heterocycles. The van der Waals surface area contributed by atoms with Gasteiger partial charge in [-0.25, -0.2) is 8.42 Å². The first-order chi connectivity index (χ1) is 7.45. The largest absolute Gasteiger partial charge is 0.310 e. The van der Waals surface area contributed by atoms with E-state index < -0.39 is 9.84 Å². The smallest absolute Gasteiger partial charge is 0.176 e. The van der Waals surface area contributed by atoms with Crippen molar-refractivity contribution < 1.29 is 13.2 Å². The van der Waals surface area contributed by atoms with Crippen LogP contribution in [-0.2, 0) is 9.84 Å². The number of carbonyl (C=O) groups excluding carboxylic acids is 1. The topological polar surface area (TPSA) is 63.2 Å². The second-order valence-corrected chi connectivity index (χ2v) is 5.52. The van der Waals surface area contributed by atoms with Gasteiger partial charge in [0.15, 0.2) is 15.6 Å². The quantitative estimate of drug-likeness (QED) is 0.777. The van der Waals surface area contributed by atoms with E-state index in [9.17, 15) is 13.2 Å². The molecule has 0 amide bonds. The highest BCUT2D eigenvalue weighted by Gasteiger charge is 2.09. The Hall–Kier alpha value is -1.20. The van der Waals surface area contributed by atoms with E-state index in [2.05, 4.69) is 5.32 Å². The highest BCUT2D eigenvalue weighted by atomic mass is 32.2. The fraction of sp³-hybridized carbons (Fsp3) is 0.364. The molecule has 0 unspecified atom stereocenters. The molecule has 0 heterocycles. The average Bonchev–Trinajstić information content (AvgIpc) is 2.25. The van der Waals surface area contributed by atoms with Gasteiger partial charge in [-0.15, -0.1) is 0 Å². The molecule has 0 bridgehead atoms. The summed E-state index contributed by atoms with van der Waals surface area (Å²) in [7, 11) is -3.19. The van der Waals surface area contributed by atoms with Crippen LogP contribution in [0.25, 0.3) is 0 Å². The maximum absolute atomic E-state index is 11.6. The first-order valence-electron chi connectivity index (χ1n) is 4.99. The van der Waals surface area contributed by atoms with Gasteiger partial charge in [0, 0.05) is 11.8 Å². The predicted octanol–water partition coefficient (Wildman–Crippen LogP) is 0.882. The highest BCUT2D eigenvalue weighted by molar-refractivity contribution is 7.90. The second-order valence-electron chi connectivity index (χ2n) is 3.50. The van der Waals surface area contributed by atoms with Crippen LogP contribution in [-0.4, -0.2) is 33.5 Å².